The van der Waals surface area contributed by atoms with Gasteiger partial charge in [-0.2, -0.15) is 9.15 Å². The first kappa shape index (κ1) is 33.2. The summed E-state index contributed by atoms with van der Waals surface area (Å²) in [5.41, 5.74) is 8.97. The third kappa shape index (κ3) is 7.30. The van der Waals surface area contributed by atoms with Crippen molar-refractivity contribution in [2.45, 2.75) is 46.4 Å². The number of phosphoric acid groups is 1. The summed E-state index contributed by atoms with van der Waals surface area (Å²) in [4.78, 5) is 18.5. The van der Waals surface area contributed by atoms with Crippen LogP contribution in [0.15, 0.2) is 65.6 Å². The fourth-order valence-corrected chi connectivity index (χ4v) is 6.84. The number of ether oxygens (including phenoxy) is 2. The van der Waals surface area contributed by atoms with E-state index in [1.165, 1.54) is 0 Å². The smallest absolute Gasteiger partial charge is 0.435 e. The molecule has 2 heterocycles. The largest absolute Gasteiger partial charge is 0.524 e. The minimum Gasteiger partial charge on any atom is -0.435 e. The summed E-state index contributed by atoms with van der Waals surface area (Å²) < 4.78 is 52.3. The first-order chi connectivity index (χ1) is 21.7. The number of rotatable bonds is 5. The molecule has 2 aliphatic rings. The van der Waals surface area contributed by atoms with Crippen LogP contribution in [0.4, 0.5) is 11.4 Å². The van der Waals surface area contributed by atoms with E-state index in [2.05, 4.69) is 6.21 Å². The Bertz CT molecular complexity index is 1940. The highest BCUT2D eigenvalue weighted by Crippen LogP contribution is 2.42. The Kier molecular flexibility index (Phi) is 9.62. The van der Waals surface area contributed by atoms with Gasteiger partial charge in [-0.15, -0.1) is 0 Å². The van der Waals surface area contributed by atoms with Crippen LogP contribution in [0.1, 0.15) is 44.5 Å². The number of hydrogen-bond acceptors (Lipinski definition) is 5. The molecule has 0 radical (unpaired) electrons. The molecule has 4 aromatic carbocycles. The highest BCUT2D eigenvalue weighted by molar-refractivity contribution is 7.79. The Morgan fingerprint density at radius 1 is 0.696 bits per heavy atom. The summed E-state index contributed by atoms with van der Waals surface area (Å²) in [6.45, 7) is 12.0. The van der Waals surface area contributed by atoms with Crippen molar-refractivity contribution in [2.24, 2.45) is 0 Å². The third-order valence-electron chi connectivity index (χ3n) is 7.71. The second kappa shape index (κ2) is 13.3. The van der Waals surface area contributed by atoms with Gasteiger partial charge >= 0.3 is 7.82 Å². The average Bonchev–Trinajstić information content (AvgIpc) is 2.98. The molecule has 1 unspecified atom stereocenters. The maximum atomic E-state index is 11.4. The van der Waals surface area contributed by atoms with E-state index < -0.39 is 18.9 Å². The highest BCUT2D eigenvalue weighted by atomic mass is 32.2. The Hall–Kier alpha value is -4.12. The van der Waals surface area contributed by atoms with Gasteiger partial charge in [0.05, 0.1) is 16.0 Å². The fraction of sp³-hybridized carbons (Fsp3) is 0.235. The SMILES string of the molecule is Cc1cc([N+]2=Cc3cccc(C)c3OC2)cc(C)c1OP(=O)(O)O.Cc1cccc2c1OC[N+](c1cc(C)c(S(=O)O)c(C)c1)=C2. The van der Waals surface area contributed by atoms with Gasteiger partial charge in [0, 0.05) is 24.3 Å². The summed E-state index contributed by atoms with van der Waals surface area (Å²) >= 11 is -1.96. The molecule has 0 saturated heterocycles. The third-order valence-corrected chi connectivity index (χ3v) is 9.12. The van der Waals surface area contributed by atoms with Crippen LogP contribution in [0.25, 0.3) is 0 Å². The molecule has 0 aliphatic carbocycles. The molecule has 10 nitrogen and oxygen atoms in total. The molecule has 6 rings (SSSR count). The Morgan fingerprint density at radius 2 is 1.11 bits per heavy atom. The van der Waals surface area contributed by atoms with E-state index in [0.29, 0.717) is 29.5 Å². The van der Waals surface area contributed by atoms with Crippen molar-refractivity contribution in [1.29, 1.82) is 0 Å². The minimum atomic E-state index is -4.58. The van der Waals surface area contributed by atoms with E-state index in [4.69, 9.17) is 23.8 Å². The Labute approximate surface area is 270 Å². The van der Waals surface area contributed by atoms with Crippen LogP contribution >= 0.6 is 7.82 Å². The van der Waals surface area contributed by atoms with Crippen molar-refractivity contribution >= 4 is 42.7 Å². The van der Waals surface area contributed by atoms with Gasteiger partial charge in [0.15, 0.2) is 23.5 Å². The average molecular weight is 665 g/mol. The minimum absolute atomic E-state index is 0.209. The van der Waals surface area contributed by atoms with Crippen molar-refractivity contribution in [3.8, 4) is 17.2 Å². The first-order valence-corrected chi connectivity index (χ1v) is 17.1. The number of hydrogen-bond donors (Lipinski definition) is 3. The van der Waals surface area contributed by atoms with Gasteiger partial charge in [0.25, 0.3) is 13.5 Å². The number of fused-ring (bicyclic) bond motifs is 2. The lowest BCUT2D eigenvalue weighted by molar-refractivity contribution is -0.476. The predicted molar refractivity (Wildman–Crippen MR) is 177 cm³/mol. The van der Waals surface area contributed by atoms with Gasteiger partial charge in [0.1, 0.15) is 17.2 Å². The molecular formula is C34H37N2O8PS+2. The van der Waals surface area contributed by atoms with Crippen LogP contribution in [-0.4, -0.2) is 53.6 Å². The normalized spacial score (nSPS) is 14.3. The van der Waals surface area contributed by atoms with Gasteiger partial charge in [0.2, 0.25) is 11.4 Å². The van der Waals surface area contributed by atoms with E-state index in [9.17, 15) is 13.3 Å². The number of phosphoric ester groups is 1. The van der Waals surface area contributed by atoms with Crippen molar-refractivity contribution in [3.05, 3.63) is 105 Å². The van der Waals surface area contributed by atoms with E-state index in [1.807, 2.05) is 104 Å². The molecule has 12 heteroatoms. The summed E-state index contributed by atoms with van der Waals surface area (Å²) in [5.74, 6) is 2.00. The molecule has 3 N–H and O–H groups in total. The Balaban J connectivity index is 0.000000182. The van der Waals surface area contributed by atoms with Crippen LogP contribution in [0.2, 0.25) is 0 Å². The monoisotopic (exact) mass is 664 g/mol. The highest BCUT2D eigenvalue weighted by Gasteiger charge is 2.25. The molecule has 0 saturated carbocycles. The summed E-state index contributed by atoms with van der Waals surface area (Å²) in [5, 5.41) is 0. The van der Waals surface area contributed by atoms with E-state index in [0.717, 1.165) is 56.3 Å². The molecule has 4 aromatic rings. The Morgan fingerprint density at radius 3 is 1.50 bits per heavy atom. The molecule has 2 aliphatic heterocycles. The molecule has 240 valence electrons. The molecular weight excluding hydrogens is 627 g/mol. The zero-order valence-electron chi connectivity index (χ0n) is 26.5. The molecule has 0 aromatic heterocycles. The van der Waals surface area contributed by atoms with Gasteiger partial charge in [-0.05, 0) is 87.1 Å². The van der Waals surface area contributed by atoms with Crippen molar-refractivity contribution in [2.75, 3.05) is 13.5 Å². The number of benzene rings is 4. The van der Waals surface area contributed by atoms with Gasteiger partial charge in [-0.3, -0.25) is 9.79 Å². The van der Waals surface area contributed by atoms with Gasteiger partial charge in [-0.25, -0.2) is 8.77 Å². The zero-order valence-corrected chi connectivity index (χ0v) is 28.2. The second-order valence-electron chi connectivity index (χ2n) is 11.4. The molecule has 0 bridgehead atoms. The lowest BCUT2D eigenvalue weighted by Gasteiger charge is -2.17. The zero-order chi connectivity index (χ0) is 33.3. The predicted octanol–water partition coefficient (Wildman–Crippen LogP) is 6.50. The standard InChI is InChI=1S/C17H18NO5P.C17H17NO3S/c1-11-5-4-6-14-9-18(10-22-17(11)14)15-7-12(2)16(13(3)8-15)23-24(19,20)21;1-11-5-4-6-14-9-18(10-21-16(11)14)15-7-12(2)17(22(19)20)13(3)8-15/h4-9H,10H2,1-3H3,(H-,19,20,21);4-9H,10H2,1-3H3/p+2. The molecule has 0 amide bonds. The lowest BCUT2D eigenvalue weighted by Crippen LogP contribution is -2.21. The van der Waals surface area contributed by atoms with E-state index in [1.54, 1.807) is 13.8 Å². The second-order valence-corrected chi connectivity index (χ2v) is 13.4. The van der Waals surface area contributed by atoms with Crippen molar-refractivity contribution in [1.82, 2.24) is 0 Å². The van der Waals surface area contributed by atoms with Crippen LogP contribution in [0.3, 0.4) is 0 Å². The number of nitrogens with zero attached hydrogens (tertiary/aromatic N) is 2. The topological polar surface area (TPSA) is 129 Å². The number of para-hydroxylation sites is 2. The van der Waals surface area contributed by atoms with Crippen LogP contribution in [0, 0.1) is 41.5 Å². The van der Waals surface area contributed by atoms with E-state index in [-0.39, 0.29) is 5.75 Å². The van der Waals surface area contributed by atoms with E-state index >= 15 is 0 Å². The number of aryl methyl sites for hydroxylation is 6. The fourth-order valence-electron chi connectivity index (χ4n) is 5.65. The maximum absolute atomic E-state index is 11.4. The van der Waals surface area contributed by atoms with Crippen LogP contribution in [-0.2, 0) is 15.6 Å². The van der Waals surface area contributed by atoms with Gasteiger partial charge in [-0.1, -0.05) is 24.3 Å². The maximum Gasteiger partial charge on any atom is 0.524 e. The molecule has 46 heavy (non-hydrogen) atoms. The molecule has 0 spiro atoms. The summed E-state index contributed by atoms with van der Waals surface area (Å²) in [6, 6.07) is 19.5. The molecule has 0 fully saturated rings. The summed E-state index contributed by atoms with van der Waals surface area (Å²) in [7, 11) is -4.58. The van der Waals surface area contributed by atoms with Crippen molar-refractivity contribution in [3.63, 3.8) is 0 Å². The van der Waals surface area contributed by atoms with Crippen LogP contribution < -0.4 is 14.0 Å². The first-order valence-electron chi connectivity index (χ1n) is 14.5. The van der Waals surface area contributed by atoms with Gasteiger partial charge < -0.3 is 18.6 Å². The lowest BCUT2D eigenvalue weighted by atomic mass is 10.1. The van der Waals surface area contributed by atoms with Crippen molar-refractivity contribution < 1.29 is 46.3 Å². The quantitative estimate of drug-likeness (QED) is 0.125. The molecule has 1 atom stereocenters. The summed E-state index contributed by atoms with van der Waals surface area (Å²) in [6.07, 6.45) is 4.05. The van der Waals surface area contributed by atoms with Crippen LogP contribution in [0.5, 0.6) is 17.2 Å².